The van der Waals surface area contributed by atoms with Gasteiger partial charge in [0.05, 0.1) is 11.6 Å². The van der Waals surface area contributed by atoms with Crippen LogP contribution in [0.5, 0.6) is 0 Å². The highest BCUT2D eigenvalue weighted by Crippen LogP contribution is 2.31. The normalized spacial score (nSPS) is 13.9. The van der Waals surface area contributed by atoms with E-state index >= 15 is 0 Å². The number of anilines is 1. The SMILES string of the molecule is Cc1c(C(=O)N(C)c2ccccc2)oc2c1/C(=N/NC(=O)C(c1ccccc1)c1ccccc1)CCC2. The zero-order chi connectivity index (χ0) is 25.8. The number of rotatable bonds is 6. The highest BCUT2D eigenvalue weighted by Gasteiger charge is 2.30. The van der Waals surface area contributed by atoms with Crippen molar-refractivity contribution < 1.29 is 14.0 Å². The van der Waals surface area contributed by atoms with Crippen molar-refractivity contribution in [2.45, 2.75) is 32.1 Å². The van der Waals surface area contributed by atoms with Gasteiger partial charge >= 0.3 is 0 Å². The van der Waals surface area contributed by atoms with Crippen LogP contribution in [0.1, 0.15) is 57.3 Å². The first kappa shape index (κ1) is 24.3. The van der Waals surface area contributed by atoms with Crippen molar-refractivity contribution in [1.29, 1.82) is 0 Å². The fraction of sp³-hybridized carbons (Fsp3) is 0.194. The van der Waals surface area contributed by atoms with Crippen LogP contribution in [0, 0.1) is 6.92 Å². The van der Waals surface area contributed by atoms with E-state index in [1.54, 1.807) is 11.9 Å². The van der Waals surface area contributed by atoms with Crippen LogP contribution in [0.25, 0.3) is 0 Å². The third-order valence-corrected chi connectivity index (χ3v) is 6.80. The molecule has 186 valence electrons. The molecule has 0 aliphatic heterocycles. The quantitative estimate of drug-likeness (QED) is 0.344. The van der Waals surface area contributed by atoms with E-state index in [0.29, 0.717) is 12.2 Å². The summed E-state index contributed by atoms with van der Waals surface area (Å²) in [6.45, 7) is 1.88. The van der Waals surface area contributed by atoms with Crippen molar-refractivity contribution in [2.75, 3.05) is 11.9 Å². The van der Waals surface area contributed by atoms with Crippen molar-refractivity contribution in [3.8, 4) is 0 Å². The topological polar surface area (TPSA) is 74.9 Å². The molecule has 0 saturated carbocycles. The number of hydrogen-bond donors (Lipinski definition) is 1. The van der Waals surface area contributed by atoms with Crippen LogP contribution in [0.15, 0.2) is 101 Å². The molecule has 2 amide bonds. The van der Waals surface area contributed by atoms with Gasteiger partial charge in [-0.1, -0.05) is 78.9 Å². The summed E-state index contributed by atoms with van der Waals surface area (Å²) in [5.74, 6) is 0.137. The van der Waals surface area contributed by atoms with Crippen LogP contribution in [-0.2, 0) is 11.2 Å². The molecular formula is C31H29N3O3. The summed E-state index contributed by atoms with van der Waals surface area (Å²) in [7, 11) is 1.74. The van der Waals surface area contributed by atoms with Gasteiger partial charge in [-0.3, -0.25) is 9.59 Å². The van der Waals surface area contributed by atoms with Crippen molar-refractivity contribution in [1.82, 2.24) is 5.43 Å². The van der Waals surface area contributed by atoms with E-state index in [2.05, 4.69) is 10.5 Å². The molecule has 0 unspecified atom stereocenters. The molecule has 1 heterocycles. The Bertz CT molecular complexity index is 1390. The van der Waals surface area contributed by atoms with Gasteiger partial charge in [-0.15, -0.1) is 0 Å². The molecular weight excluding hydrogens is 462 g/mol. The van der Waals surface area contributed by atoms with Gasteiger partial charge in [-0.05, 0) is 43.0 Å². The van der Waals surface area contributed by atoms with Crippen molar-refractivity contribution >= 4 is 23.2 Å². The molecule has 1 aliphatic carbocycles. The minimum absolute atomic E-state index is 0.210. The number of benzene rings is 3. The Morgan fingerprint density at radius 3 is 2.03 bits per heavy atom. The molecule has 5 rings (SSSR count). The minimum atomic E-state index is -0.489. The van der Waals surface area contributed by atoms with E-state index in [1.807, 2.05) is 97.9 Å². The lowest BCUT2D eigenvalue weighted by atomic mass is 9.90. The number of aryl methyl sites for hydroxylation is 1. The summed E-state index contributed by atoms with van der Waals surface area (Å²) in [5, 5.41) is 4.57. The van der Waals surface area contributed by atoms with Gasteiger partial charge in [0.15, 0.2) is 5.76 Å². The molecule has 6 heteroatoms. The molecule has 3 aromatic carbocycles. The first-order valence-corrected chi connectivity index (χ1v) is 12.5. The summed E-state index contributed by atoms with van der Waals surface area (Å²) in [5.41, 5.74) is 7.70. The Hall–Kier alpha value is -4.45. The van der Waals surface area contributed by atoms with Crippen molar-refractivity contribution in [3.05, 3.63) is 125 Å². The molecule has 0 fully saturated rings. The fourth-order valence-electron chi connectivity index (χ4n) is 4.88. The Kier molecular flexibility index (Phi) is 6.99. The first-order valence-electron chi connectivity index (χ1n) is 12.5. The van der Waals surface area contributed by atoms with E-state index in [9.17, 15) is 9.59 Å². The van der Waals surface area contributed by atoms with Crippen LogP contribution in [0.4, 0.5) is 5.69 Å². The van der Waals surface area contributed by atoms with Crippen LogP contribution in [0.2, 0.25) is 0 Å². The Balaban J connectivity index is 1.43. The molecule has 0 atom stereocenters. The number of para-hydroxylation sites is 1. The van der Waals surface area contributed by atoms with E-state index in [4.69, 9.17) is 4.42 Å². The monoisotopic (exact) mass is 491 g/mol. The second-order valence-corrected chi connectivity index (χ2v) is 9.20. The minimum Gasteiger partial charge on any atom is -0.455 e. The predicted octanol–water partition coefficient (Wildman–Crippen LogP) is 5.85. The summed E-state index contributed by atoms with van der Waals surface area (Å²) in [6, 6.07) is 28.8. The molecule has 4 aromatic rings. The lowest BCUT2D eigenvalue weighted by molar-refractivity contribution is -0.121. The number of hydrogen-bond acceptors (Lipinski definition) is 4. The van der Waals surface area contributed by atoms with E-state index in [0.717, 1.165) is 52.3 Å². The van der Waals surface area contributed by atoms with Gasteiger partial charge in [0, 0.05) is 30.3 Å². The second kappa shape index (κ2) is 10.7. The molecule has 6 nitrogen and oxygen atoms in total. The number of fused-ring (bicyclic) bond motifs is 1. The zero-order valence-electron chi connectivity index (χ0n) is 21.0. The highest BCUT2D eigenvalue weighted by atomic mass is 16.4. The van der Waals surface area contributed by atoms with Crippen molar-refractivity contribution in [3.63, 3.8) is 0 Å². The second-order valence-electron chi connectivity index (χ2n) is 9.20. The summed E-state index contributed by atoms with van der Waals surface area (Å²) < 4.78 is 6.08. The largest absolute Gasteiger partial charge is 0.455 e. The number of hydrazone groups is 1. The molecule has 1 aromatic heterocycles. The van der Waals surface area contributed by atoms with Gasteiger partial charge in [0.2, 0.25) is 0 Å². The molecule has 1 aliphatic rings. The third kappa shape index (κ3) is 4.96. The van der Waals surface area contributed by atoms with Gasteiger partial charge in [0.1, 0.15) is 5.76 Å². The Morgan fingerprint density at radius 2 is 1.43 bits per heavy atom. The van der Waals surface area contributed by atoms with E-state index < -0.39 is 5.92 Å². The summed E-state index contributed by atoms with van der Waals surface area (Å²) >= 11 is 0. The van der Waals surface area contributed by atoms with Gasteiger partial charge in [-0.25, -0.2) is 5.43 Å². The first-order chi connectivity index (χ1) is 18.0. The van der Waals surface area contributed by atoms with Crippen LogP contribution < -0.4 is 10.3 Å². The standard InChI is InChI=1S/C31H29N3O3/c1-21-27-25(19-12-20-26(27)37-29(21)31(36)34(2)24-17-10-5-11-18-24)32-33-30(35)28(22-13-6-3-7-14-22)23-15-8-4-9-16-23/h3-11,13-18,28H,12,19-20H2,1-2H3,(H,33,35)/b32-25+. The summed E-state index contributed by atoms with van der Waals surface area (Å²) in [6.07, 6.45) is 2.25. The maximum atomic E-state index is 13.4. The molecule has 37 heavy (non-hydrogen) atoms. The maximum absolute atomic E-state index is 13.4. The maximum Gasteiger partial charge on any atom is 0.294 e. The lowest BCUT2D eigenvalue weighted by Crippen LogP contribution is -2.28. The fourth-order valence-corrected chi connectivity index (χ4v) is 4.88. The number of carbonyl (C=O) groups excluding carboxylic acids is 2. The van der Waals surface area contributed by atoms with Crippen molar-refractivity contribution in [2.24, 2.45) is 5.10 Å². The number of amides is 2. The highest BCUT2D eigenvalue weighted by molar-refractivity contribution is 6.10. The van der Waals surface area contributed by atoms with Gasteiger partial charge in [0.25, 0.3) is 11.8 Å². The van der Waals surface area contributed by atoms with Crippen LogP contribution in [0.3, 0.4) is 0 Å². The number of nitrogens with zero attached hydrogens (tertiary/aromatic N) is 2. The van der Waals surface area contributed by atoms with Gasteiger partial charge < -0.3 is 9.32 Å². The molecule has 0 radical (unpaired) electrons. The van der Waals surface area contributed by atoms with E-state index in [1.165, 1.54) is 0 Å². The number of nitrogens with one attached hydrogen (secondary N) is 1. The number of furan rings is 1. The molecule has 0 saturated heterocycles. The molecule has 0 bridgehead atoms. The van der Waals surface area contributed by atoms with E-state index in [-0.39, 0.29) is 11.8 Å². The smallest absolute Gasteiger partial charge is 0.294 e. The Labute approximate surface area is 216 Å². The van der Waals surface area contributed by atoms with Crippen LogP contribution in [-0.4, -0.2) is 24.6 Å². The third-order valence-electron chi connectivity index (χ3n) is 6.80. The molecule has 0 spiro atoms. The average Bonchev–Trinajstić information content (AvgIpc) is 3.29. The number of carbonyl (C=O) groups is 2. The lowest BCUT2D eigenvalue weighted by Gasteiger charge is -2.18. The summed E-state index contributed by atoms with van der Waals surface area (Å²) in [4.78, 5) is 28.3. The predicted molar refractivity (Wildman–Crippen MR) is 145 cm³/mol. The zero-order valence-corrected chi connectivity index (χ0v) is 21.0. The van der Waals surface area contributed by atoms with Crippen LogP contribution >= 0.6 is 0 Å². The Morgan fingerprint density at radius 1 is 0.865 bits per heavy atom. The average molecular weight is 492 g/mol. The molecule has 1 N–H and O–H groups in total. The van der Waals surface area contributed by atoms with Gasteiger partial charge in [-0.2, -0.15) is 5.10 Å².